The van der Waals surface area contributed by atoms with Crippen LogP contribution in [0.2, 0.25) is 5.02 Å². The molecule has 0 saturated carbocycles. The first-order chi connectivity index (χ1) is 14.0. The van der Waals surface area contributed by atoms with E-state index in [1.54, 1.807) is 12.0 Å². The number of aromatic nitrogens is 2. The number of piperazine rings is 1. The Balaban J connectivity index is 1.43. The molecule has 1 amide bonds. The van der Waals surface area contributed by atoms with Gasteiger partial charge in [0, 0.05) is 36.8 Å². The average Bonchev–Trinajstić information content (AvgIpc) is 3.25. The maximum Gasteiger partial charge on any atom is 0.324 e. The molecule has 0 N–H and O–H groups in total. The van der Waals surface area contributed by atoms with Crippen LogP contribution in [-0.4, -0.2) is 54.2 Å². The standard InChI is InChI=1S/C20H18ClFN4O3/c1-28-15-4-2-3-13(11-15)18-23-20(29-24-18)26-9-7-25(8-10-26)19(27)16-12-14(21)5-6-17(16)22/h2-6,11-12H,7-10H2,1H3. The van der Waals surface area contributed by atoms with Gasteiger partial charge in [0.2, 0.25) is 5.82 Å². The van der Waals surface area contributed by atoms with Crippen LogP contribution in [-0.2, 0) is 0 Å². The van der Waals surface area contributed by atoms with Gasteiger partial charge in [-0.25, -0.2) is 4.39 Å². The van der Waals surface area contributed by atoms with Crippen molar-refractivity contribution in [1.29, 1.82) is 0 Å². The molecule has 2 aromatic carbocycles. The van der Waals surface area contributed by atoms with E-state index in [0.717, 1.165) is 5.56 Å². The summed E-state index contributed by atoms with van der Waals surface area (Å²) in [4.78, 5) is 20.5. The molecule has 1 aliphatic rings. The largest absolute Gasteiger partial charge is 0.497 e. The number of methoxy groups -OCH3 is 1. The first-order valence-corrected chi connectivity index (χ1v) is 9.40. The number of nitrogens with zero attached hydrogens (tertiary/aromatic N) is 4. The number of carbonyl (C=O) groups is 1. The molecule has 0 unspecified atom stereocenters. The second-order valence-electron chi connectivity index (χ2n) is 6.54. The van der Waals surface area contributed by atoms with E-state index in [4.69, 9.17) is 20.9 Å². The van der Waals surface area contributed by atoms with Crippen LogP contribution in [0.4, 0.5) is 10.4 Å². The normalized spacial score (nSPS) is 14.2. The number of rotatable bonds is 4. The summed E-state index contributed by atoms with van der Waals surface area (Å²) in [5.41, 5.74) is 0.758. The number of hydrogen-bond donors (Lipinski definition) is 0. The Hall–Kier alpha value is -3.13. The number of halogens is 2. The third-order valence-electron chi connectivity index (χ3n) is 4.74. The van der Waals surface area contributed by atoms with E-state index < -0.39 is 5.82 Å². The van der Waals surface area contributed by atoms with Gasteiger partial charge in [-0.15, -0.1) is 0 Å². The van der Waals surface area contributed by atoms with Crippen molar-refractivity contribution >= 4 is 23.5 Å². The van der Waals surface area contributed by atoms with Crippen molar-refractivity contribution in [3.05, 3.63) is 58.9 Å². The molecule has 4 rings (SSSR count). The van der Waals surface area contributed by atoms with Gasteiger partial charge in [0.15, 0.2) is 0 Å². The Morgan fingerprint density at radius 3 is 2.72 bits per heavy atom. The third kappa shape index (κ3) is 4.02. The molecule has 29 heavy (non-hydrogen) atoms. The van der Waals surface area contributed by atoms with Gasteiger partial charge >= 0.3 is 6.01 Å². The lowest BCUT2D eigenvalue weighted by Gasteiger charge is -2.33. The van der Waals surface area contributed by atoms with Crippen molar-refractivity contribution in [2.45, 2.75) is 0 Å². The number of anilines is 1. The van der Waals surface area contributed by atoms with Crippen molar-refractivity contribution in [2.24, 2.45) is 0 Å². The van der Waals surface area contributed by atoms with E-state index in [9.17, 15) is 9.18 Å². The van der Waals surface area contributed by atoms with E-state index in [1.807, 2.05) is 29.2 Å². The predicted molar refractivity (Wildman–Crippen MR) is 106 cm³/mol. The van der Waals surface area contributed by atoms with Gasteiger partial charge in [-0.3, -0.25) is 4.79 Å². The number of amides is 1. The number of ether oxygens (including phenoxy) is 1. The van der Waals surface area contributed by atoms with E-state index in [2.05, 4.69) is 10.1 Å². The molecule has 0 bridgehead atoms. The first-order valence-electron chi connectivity index (χ1n) is 9.02. The molecule has 1 aliphatic heterocycles. The summed E-state index contributed by atoms with van der Waals surface area (Å²) in [5, 5.41) is 4.36. The highest BCUT2D eigenvalue weighted by atomic mass is 35.5. The zero-order valence-corrected chi connectivity index (χ0v) is 16.4. The van der Waals surface area contributed by atoms with Crippen LogP contribution in [0, 0.1) is 5.82 Å². The summed E-state index contributed by atoms with van der Waals surface area (Å²) in [7, 11) is 1.59. The fourth-order valence-corrected chi connectivity index (χ4v) is 3.33. The van der Waals surface area contributed by atoms with Gasteiger partial charge < -0.3 is 19.1 Å². The number of benzene rings is 2. The SMILES string of the molecule is COc1cccc(-c2noc(N3CCN(C(=O)c4cc(Cl)ccc4F)CC3)n2)c1. The fourth-order valence-electron chi connectivity index (χ4n) is 3.16. The fraction of sp³-hybridized carbons (Fsp3) is 0.250. The van der Waals surface area contributed by atoms with Crippen molar-refractivity contribution < 1.29 is 18.4 Å². The Labute approximate surface area is 171 Å². The van der Waals surface area contributed by atoms with Crippen LogP contribution in [0.3, 0.4) is 0 Å². The van der Waals surface area contributed by atoms with Gasteiger partial charge in [0.25, 0.3) is 5.91 Å². The number of hydrogen-bond acceptors (Lipinski definition) is 6. The second kappa shape index (κ2) is 8.08. The van der Waals surface area contributed by atoms with Gasteiger partial charge in [-0.2, -0.15) is 4.98 Å². The Morgan fingerprint density at radius 1 is 1.17 bits per heavy atom. The minimum Gasteiger partial charge on any atom is -0.497 e. The average molecular weight is 417 g/mol. The van der Waals surface area contributed by atoms with Gasteiger partial charge in [-0.05, 0) is 30.3 Å². The summed E-state index contributed by atoms with van der Waals surface area (Å²) in [6.07, 6.45) is 0. The smallest absolute Gasteiger partial charge is 0.324 e. The second-order valence-corrected chi connectivity index (χ2v) is 6.97. The highest BCUT2D eigenvalue weighted by molar-refractivity contribution is 6.31. The molecule has 0 spiro atoms. The zero-order valence-electron chi connectivity index (χ0n) is 15.6. The molecule has 1 aromatic heterocycles. The van der Waals surface area contributed by atoms with Crippen LogP contribution in [0.25, 0.3) is 11.4 Å². The lowest BCUT2D eigenvalue weighted by atomic mass is 10.1. The Morgan fingerprint density at radius 2 is 1.97 bits per heavy atom. The Kier molecular flexibility index (Phi) is 5.35. The molecule has 1 saturated heterocycles. The third-order valence-corrected chi connectivity index (χ3v) is 4.97. The molecular weight excluding hydrogens is 399 g/mol. The Bertz CT molecular complexity index is 1030. The van der Waals surface area contributed by atoms with Crippen molar-refractivity contribution in [1.82, 2.24) is 15.0 Å². The van der Waals surface area contributed by atoms with Crippen LogP contribution < -0.4 is 9.64 Å². The molecular formula is C20H18ClFN4O3. The molecule has 7 nitrogen and oxygen atoms in total. The van der Waals surface area contributed by atoms with E-state index in [-0.39, 0.29) is 11.5 Å². The molecule has 0 radical (unpaired) electrons. The topological polar surface area (TPSA) is 71.7 Å². The molecule has 150 valence electrons. The maximum absolute atomic E-state index is 14.0. The van der Waals surface area contributed by atoms with Crippen LogP contribution >= 0.6 is 11.6 Å². The lowest BCUT2D eigenvalue weighted by molar-refractivity contribution is 0.0740. The lowest BCUT2D eigenvalue weighted by Crippen LogP contribution is -2.49. The molecule has 9 heteroatoms. The van der Waals surface area contributed by atoms with Crippen molar-refractivity contribution in [3.8, 4) is 17.1 Å². The monoisotopic (exact) mass is 416 g/mol. The summed E-state index contributed by atoms with van der Waals surface area (Å²) >= 11 is 5.89. The first kappa shape index (κ1) is 19.2. The quantitative estimate of drug-likeness (QED) is 0.648. The maximum atomic E-state index is 14.0. The molecule has 3 aromatic rings. The van der Waals surface area contributed by atoms with Crippen molar-refractivity contribution in [2.75, 3.05) is 38.2 Å². The van der Waals surface area contributed by atoms with Crippen LogP contribution in [0.15, 0.2) is 47.0 Å². The highest BCUT2D eigenvalue weighted by Crippen LogP contribution is 2.24. The minimum absolute atomic E-state index is 0.0240. The predicted octanol–water partition coefficient (Wildman–Crippen LogP) is 3.50. The summed E-state index contributed by atoms with van der Waals surface area (Å²) in [6.45, 7) is 1.80. The van der Waals surface area contributed by atoms with Gasteiger partial charge in [-0.1, -0.05) is 28.9 Å². The molecule has 2 heterocycles. The molecule has 1 fully saturated rings. The van der Waals surface area contributed by atoms with Crippen LogP contribution in [0.5, 0.6) is 5.75 Å². The zero-order chi connectivity index (χ0) is 20.4. The number of carbonyl (C=O) groups excluding carboxylic acids is 1. The molecule has 0 atom stereocenters. The highest BCUT2D eigenvalue weighted by Gasteiger charge is 2.26. The summed E-state index contributed by atoms with van der Waals surface area (Å²) in [5.74, 6) is 0.196. The summed E-state index contributed by atoms with van der Waals surface area (Å²) in [6, 6.07) is 11.7. The van der Waals surface area contributed by atoms with E-state index >= 15 is 0 Å². The van der Waals surface area contributed by atoms with E-state index in [0.29, 0.717) is 48.8 Å². The van der Waals surface area contributed by atoms with Crippen LogP contribution in [0.1, 0.15) is 10.4 Å². The summed E-state index contributed by atoms with van der Waals surface area (Å²) < 4.78 is 24.6. The van der Waals surface area contributed by atoms with Gasteiger partial charge in [0.05, 0.1) is 12.7 Å². The van der Waals surface area contributed by atoms with E-state index in [1.165, 1.54) is 18.2 Å². The van der Waals surface area contributed by atoms with Crippen molar-refractivity contribution in [3.63, 3.8) is 0 Å². The minimum atomic E-state index is -0.582. The molecule has 0 aliphatic carbocycles. The van der Waals surface area contributed by atoms with Gasteiger partial charge in [0.1, 0.15) is 11.6 Å².